The highest BCUT2D eigenvalue weighted by molar-refractivity contribution is 5.52. The Morgan fingerprint density at radius 1 is 1.35 bits per heavy atom. The predicted octanol–water partition coefficient (Wildman–Crippen LogP) is 3.20. The lowest BCUT2D eigenvalue weighted by Crippen LogP contribution is -2.21. The van der Waals surface area contributed by atoms with E-state index in [1.807, 2.05) is 0 Å². The third-order valence-electron chi connectivity index (χ3n) is 4.16. The van der Waals surface area contributed by atoms with Gasteiger partial charge in [-0.3, -0.25) is 10.1 Å². The zero-order valence-electron chi connectivity index (χ0n) is 11.8. The van der Waals surface area contributed by atoms with E-state index in [1.165, 1.54) is 44.2 Å². The molecule has 1 heterocycles. The van der Waals surface area contributed by atoms with E-state index in [1.54, 1.807) is 0 Å². The summed E-state index contributed by atoms with van der Waals surface area (Å²) in [7, 11) is 0. The van der Waals surface area contributed by atoms with Crippen molar-refractivity contribution >= 4 is 17.3 Å². The second-order valence-corrected chi connectivity index (χ2v) is 5.57. The summed E-state index contributed by atoms with van der Waals surface area (Å²) in [6, 6.07) is 2.71. The van der Waals surface area contributed by atoms with E-state index in [-0.39, 0.29) is 11.5 Å². The summed E-state index contributed by atoms with van der Waals surface area (Å²) in [5, 5.41) is 14.0. The second-order valence-electron chi connectivity index (χ2n) is 5.57. The molecule has 1 aromatic rings. The van der Waals surface area contributed by atoms with E-state index in [2.05, 4.69) is 17.2 Å². The Morgan fingerprint density at radius 2 is 2.00 bits per heavy atom. The van der Waals surface area contributed by atoms with Gasteiger partial charge in [0.1, 0.15) is 11.6 Å². The first-order valence-corrected chi connectivity index (χ1v) is 7.24. The fourth-order valence-corrected chi connectivity index (χ4v) is 2.83. The van der Waals surface area contributed by atoms with Crippen molar-refractivity contribution in [3.05, 3.63) is 22.2 Å². The molecule has 1 aromatic heterocycles. The van der Waals surface area contributed by atoms with Crippen LogP contribution in [0.3, 0.4) is 0 Å². The molecule has 0 saturated heterocycles. The van der Waals surface area contributed by atoms with Gasteiger partial charge in [-0.2, -0.15) is 0 Å². The van der Waals surface area contributed by atoms with Crippen molar-refractivity contribution in [3.63, 3.8) is 0 Å². The van der Waals surface area contributed by atoms with Gasteiger partial charge in [-0.15, -0.1) is 0 Å². The van der Waals surface area contributed by atoms with Crippen LogP contribution < -0.4 is 11.1 Å². The maximum atomic E-state index is 10.8. The van der Waals surface area contributed by atoms with E-state index >= 15 is 0 Å². The van der Waals surface area contributed by atoms with Gasteiger partial charge < -0.3 is 11.1 Å². The van der Waals surface area contributed by atoms with Crippen LogP contribution >= 0.6 is 0 Å². The number of nitrogens with two attached hydrogens (primary N) is 1. The van der Waals surface area contributed by atoms with Crippen molar-refractivity contribution in [2.75, 3.05) is 17.6 Å². The lowest BCUT2D eigenvalue weighted by Gasteiger charge is -2.27. The maximum Gasteiger partial charge on any atom is 0.276 e. The van der Waals surface area contributed by atoms with Crippen LogP contribution in [0.25, 0.3) is 0 Å². The monoisotopic (exact) mass is 278 g/mol. The van der Waals surface area contributed by atoms with E-state index < -0.39 is 4.92 Å². The highest BCUT2D eigenvalue weighted by Gasteiger charge is 2.20. The summed E-state index contributed by atoms with van der Waals surface area (Å²) >= 11 is 0. The van der Waals surface area contributed by atoms with Gasteiger partial charge in [-0.05, 0) is 24.7 Å². The second kappa shape index (κ2) is 6.54. The molecule has 110 valence electrons. The molecular weight excluding hydrogens is 256 g/mol. The highest BCUT2D eigenvalue weighted by atomic mass is 16.6. The van der Waals surface area contributed by atoms with E-state index in [9.17, 15) is 10.1 Å². The van der Waals surface area contributed by atoms with Crippen molar-refractivity contribution in [1.29, 1.82) is 0 Å². The number of nitrogens with zero attached hydrogens (tertiary/aromatic N) is 2. The number of nitro groups is 1. The van der Waals surface area contributed by atoms with Gasteiger partial charge in [0.15, 0.2) is 0 Å². The summed E-state index contributed by atoms with van der Waals surface area (Å²) in [4.78, 5) is 14.4. The molecule has 20 heavy (non-hydrogen) atoms. The van der Waals surface area contributed by atoms with Crippen LogP contribution in [0.5, 0.6) is 0 Å². The van der Waals surface area contributed by atoms with Crippen LogP contribution in [0.1, 0.15) is 39.0 Å². The lowest BCUT2D eigenvalue weighted by atomic mass is 9.81. The van der Waals surface area contributed by atoms with Gasteiger partial charge in [0.2, 0.25) is 0 Å². The molecule has 1 saturated carbocycles. The van der Waals surface area contributed by atoms with E-state index in [4.69, 9.17) is 5.73 Å². The number of anilines is 2. The molecule has 2 rings (SSSR count). The van der Waals surface area contributed by atoms with Crippen LogP contribution in [-0.4, -0.2) is 16.5 Å². The van der Waals surface area contributed by atoms with Gasteiger partial charge in [-0.1, -0.05) is 26.2 Å². The number of hydrogen-bond acceptors (Lipinski definition) is 5. The minimum Gasteiger partial charge on any atom is -0.383 e. The molecule has 0 amide bonds. The molecular formula is C14H22N4O2. The van der Waals surface area contributed by atoms with Crippen LogP contribution in [0.4, 0.5) is 17.3 Å². The molecule has 0 atom stereocenters. The number of pyridine rings is 1. The number of nitrogen functional groups attached to an aromatic ring is 1. The zero-order valence-corrected chi connectivity index (χ0v) is 11.8. The minimum atomic E-state index is -0.449. The highest BCUT2D eigenvalue weighted by Crippen LogP contribution is 2.30. The maximum absolute atomic E-state index is 10.8. The standard InChI is InChI=1S/C14H22N4O2/c1-2-10-3-5-11(6-4-10)9-16-14-8-12(18(19)20)7-13(15)17-14/h7-8,10-11H,2-6,9H2,1H3,(H3,15,16,17). The Labute approximate surface area is 118 Å². The first-order valence-electron chi connectivity index (χ1n) is 7.24. The van der Waals surface area contributed by atoms with E-state index in [0.29, 0.717) is 11.7 Å². The summed E-state index contributed by atoms with van der Waals surface area (Å²) < 4.78 is 0. The topological polar surface area (TPSA) is 94.1 Å². The molecule has 0 spiro atoms. The SMILES string of the molecule is CCC1CCC(CNc2cc([N+](=O)[O-])cc(N)n2)CC1. The van der Waals surface area contributed by atoms with Gasteiger partial charge in [0.05, 0.1) is 17.1 Å². The molecule has 0 aliphatic heterocycles. The Morgan fingerprint density at radius 3 is 2.60 bits per heavy atom. The van der Waals surface area contributed by atoms with Crippen LogP contribution in [-0.2, 0) is 0 Å². The average molecular weight is 278 g/mol. The molecule has 3 N–H and O–H groups in total. The molecule has 0 unspecified atom stereocenters. The Hall–Kier alpha value is -1.85. The third-order valence-corrected chi connectivity index (χ3v) is 4.16. The summed E-state index contributed by atoms with van der Waals surface area (Å²) in [5.74, 6) is 2.17. The minimum absolute atomic E-state index is 0.0188. The molecule has 0 aromatic carbocycles. The molecule has 6 heteroatoms. The number of rotatable bonds is 5. The Kier molecular flexibility index (Phi) is 4.76. The molecule has 1 aliphatic rings. The first kappa shape index (κ1) is 14.6. The Bertz CT molecular complexity index is 470. The fraction of sp³-hybridized carbons (Fsp3) is 0.643. The van der Waals surface area contributed by atoms with Crippen LogP contribution in [0.15, 0.2) is 12.1 Å². The quantitative estimate of drug-likeness (QED) is 0.637. The molecule has 0 radical (unpaired) electrons. The van der Waals surface area contributed by atoms with Gasteiger partial charge in [0, 0.05) is 6.54 Å². The number of aromatic nitrogens is 1. The largest absolute Gasteiger partial charge is 0.383 e. The Balaban J connectivity index is 1.89. The third kappa shape index (κ3) is 3.82. The van der Waals surface area contributed by atoms with Crippen molar-refractivity contribution in [2.45, 2.75) is 39.0 Å². The van der Waals surface area contributed by atoms with Gasteiger partial charge in [-0.25, -0.2) is 4.98 Å². The summed E-state index contributed by atoms with van der Waals surface area (Å²) in [6.45, 7) is 3.06. The smallest absolute Gasteiger partial charge is 0.276 e. The van der Waals surface area contributed by atoms with E-state index in [0.717, 1.165) is 12.5 Å². The molecule has 6 nitrogen and oxygen atoms in total. The molecule has 1 aliphatic carbocycles. The van der Waals surface area contributed by atoms with Gasteiger partial charge >= 0.3 is 0 Å². The molecule has 1 fully saturated rings. The van der Waals surface area contributed by atoms with Crippen molar-refractivity contribution in [2.24, 2.45) is 11.8 Å². The fourth-order valence-electron chi connectivity index (χ4n) is 2.83. The van der Waals surface area contributed by atoms with Crippen molar-refractivity contribution < 1.29 is 4.92 Å². The average Bonchev–Trinajstić information content (AvgIpc) is 2.45. The summed E-state index contributed by atoms with van der Waals surface area (Å²) in [6.07, 6.45) is 6.27. The summed E-state index contributed by atoms with van der Waals surface area (Å²) in [5.41, 5.74) is 5.57. The molecule has 0 bridgehead atoms. The lowest BCUT2D eigenvalue weighted by molar-refractivity contribution is -0.384. The number of hydrogen-bond donors (Lipinski definition) is 2. The van der Waals surface area contributed by atoms with Crippen LogP contribution in [0.2, 0.25) is 0 Å². The number of nitrogens with one attached hydrogen (secondary N) is 1. The predicted molar refractivity (Wildman–Crippen MR) is 79.5 cm³/mol. The zero-order chi connectivity index (χ0) is 14.5. The van der Waals surface area contributed by atoms with Crippen molar-refractivity contribution in [3.8, 4) is 0 Å². The van der Waals surface area contributed by atoms with Crippen molar-refractivity contribution in [1.82, 2.24) is 4.98 Å². The van der Waals surface area contributed by atoms with Gasteiger partial charge in [0.25, 0.3) is 5.69 Å². The first-order chi connectivity index (χ1) is 9.58. The normalized spacial score (nSPS) is 22.4. The van der Waals surface area contributed by atoms with Crippen LogP contribution in [0, 0.1) is 22.0 Å².